The van der Waals surface area contributed by atoms with Crippen LogP contribution in [-0.4, -0.2) is 30.8 Å². The second kappa shape index (κ2) is 6.33. The van der Waals surface area contributed by atoms with E-state index in [4.69, 9.17) is 0 Å². The molecule has 3 aromatic rings. The van der Waals surface area contributed by atoms with E-state index >= 15 is 0 Å². The molecule has 4 rings (SSSR count). The summed E-state index contributed by atoms with van der Waals surface area (Å²) in [5, 5.41) is 10.4. The molecule has 1 aliphatic rings. The lowest BCUT2D eigenvalue weighted by Crippen LogP contribution is -2.14. The lowest BCUT2D eigenvalue weighted by molar-refractivity contribution is 0.0995. The molecule has 6 heteroatoms. The molecule has 5 nitrogen and oxygen atoms in total. The molecule has 1 aromatic carbocycles. The van der Waals surface area contributed by atoms with Crippen molar-refractivity contribution >= 4 is 28.4 Å². The number of aromatic amines is 1. The third kappa shape index (κ3) is 2.99. The molecule has 0 amide bonds. The SMILES string of the molecule is CC(Sc1nnc(C(C)C)n1C1CC1)C(=O)c1c[nH]c2ccccc12. The van der Waals surface area contributed by atoms with Crippen molar-refractivity contribution < 1.29 is 4.79 Å². The summed E-state index contributed by atoms with van der Waals surface area (Å²) in [5.41, 5.74) is 1.74. The van der Waals surface area contributed by atoms with Gasteiger partial charge in [-0.15, -0.1) is 10.2 Å². The van der Waals surface area contributed by atoms with Crippen molar-refractivity contribution in [1.82, 2.24) is 19.7 Å². The van der Waals surface area contributed by atoms with Gasteiger partial charge >= 0.3 is 0 Å². The molecule has 0 spiro atoms. The fourth-order valence-corrected chi connectivity index (χ4v) is 4.14. The van der Waals surface area contributed by atoms with Crippen LogP contribution in [0.4, 0.5) is 0 Å². The predicted octanol–water partition coefficient (Wildman–Crippen LogP) is 4.58. The van der Waals surface area contributed by atoms with Crippen LogP contribution in [-0.2, 0) is 0 Å². The van der Waals surface area contributed by atoms with Gasteiger partial charge in [-0.25, -0.2) is 0 Å². The van der Waals surface area contributed by atoms with E-state index in [1.54, 1.807) is 0 Å². The molecule has 0 saturated heterocycles. The largest absolute Gasteiger partial charge is 0.360 e. The quantitative estimate of drug-likeness (QED) is 0.520. The van der Waals surface area contributed by atoms with E-state index < -0.39 is 0 Å². The van der Waals surface area contributed by atoms with Crippen molar-refractivity contribution in [3.8, 4) is 0 Å². The molecular weight excluding hydrogens is 332 g/mol. The van der Waals surface area contributed by atoms with E-state index in [1.807, 2.05) is 37.4 Å². The number of aromatic nitrogens is 4. The first-order valence-corrected chi connectivity index (χ1v) is 9.66. The average molecular weight is 354 g/mol. The van der Waals surface area contributed by atoms with Crippen LogP contribution in [0, 0.1) is 0 Å². The van der Waals surface area contributed by atoms with Crippen molar-refractivity contribution in [1.29, 1.82) is 0 Å². The Kier molecular flexibility index (Phi) is 4.15. The van der Waals surface area contributed by atoms with E-state index in [2.05, 4.69) is 33.6 Å². The molecule has 0 bridgehead atoms. The summed E-state index contributed by atoms with van der Waals surface area (Å²) in [4.78, 5) is 16.1. The van der Waals surface area contributed by atoms with Crippen LogP contribution >= 0.6 is 11.8 Å². The number of rotatable bonds is 6. The Hall–Kier alpha value is -2.08. The molecule has 2 heterocycles. The smallest absolute Gasteiger partial charge is 0.192 e. The number of carbonyl (C=O) groups excluding carboxylic acids is 1. The maximum Gasteiger partial charge on any atom is 0.192 e. The Morgan fingerprint density at radius 2 is 2.00 bits per heavy atom. The van der Waals surface area contributed by atoms with Gasteiger partial charge in [0.1, 0.15) is 5.82 Å². The van der Waals surface area contributed by atoms with Crippen LogP contribution in [0.1, 0.15) is 61.8 Å². The van der Waals surface area contributed by atoms with Gasteiger partial charge in [0.05, 0.1) is 5.25 Å². The number of Topliss-reactive ketones (excluding diaryl/α,β-unsaturated/α-hetero) is 1. The summed E-state index contributed by atoms with van der Waals surface area (Å²) >= 11 is 1.52. The van der Waals surface area contributed by atoms with Crippen LogP contribution in [0.2, 0.25) is 0 Å². The normalized spacial score (nSPS) is 15.8. The lowest BCUT2D eigenvalue weighted by atomic mass is 10.1. The van der Waals surface area contributed by atoms with Gasteiger partial charge in [-0.05, 0) is 25.8 Å². The van der Waals surface area contributed by atoms with Crippen molar-refractivity contribution in [3.05, 3.63) is 41.9 Å². The summed E-state index contributed by atoms with van der Waals surface area (Å²) in [6.45, 7) is 6.23. The predicted molar refractivity (Wildman–Crippen MR) is 100 cm³/mol. The summed E-state index contributed by atoms with van der Waals surface area (Å²) in [7, 11) is 0. The highest BCUT2D eigenvalue weighted by atomic mass is 32.2. The summed E-state index contributed by atoms with van der Waals surface area (Å²) in [5.74, 6) is 1.48. The lowest BCUT2D eigenvalue weighted by Gasteiger charge is -2.13. The number of carbonyl (C=O) groups is 1. The summed E-state index contributed by atoms with van der Waals surface area (Å²) < 4.78 is 2.24. The fraction of sp³-hybridized carbons (Fsp3) is 0.421. The number of thioether (sulfide) groups is 1. The first-order chi connectivity index (χ1) is 12.1. The van der Waals surface area contributed by atoms with Gasteiger partial charge < -0.3 is 9.55 Å². The van der Waals surface area contributed by atoms with Gasteiger partial charge in [-0.3, -0.25) is 4.79 Å². The van der Waals surface area contributed by atoms with Crippen LogP contribution < -0.4 is 0 Å². The topological polar surface area (TPSA) is 63.6 Å². The van der Waals surface area contributed by atoms with Crippen LogP contribution in [0.3, 0.4) is 0 Å². The van der Waals surface area contributed by atoms with Crippen molar-refractivity contribution in [2.45, 2.75) is 56.0 Å². The third-order valence-corrected chi connectivity index (χ3v) is 5.68. The Balaban J connectivity index is 1.60. The Morgan fingerprint density at radius 1 is 1.24 bits per heavy atom. The zero-order chi connectivity index (χ0) is 17.6. The van der Waals surface area contributed by atoms with Gasteiger partial charge in [0.2, 0.25) is 0 Å². The maximum absolute atomic E-state index is 13.0. The van der Waals surface area contributed by atoms with E-state index in [0.29, 0.717) is 12.0 Å². The highest BCUT2D eigenvalue weighted by molar-refractivity contribution is 8.00. The standard InChI is InChI=1S/C19H22N4OS/c1-11(2)18-21-22-19(23(18)13-8-9-13)25-12(3)17(24)15-10-20-16-7-5-4-6-14(15)16/h4-7,10-13,20H,8-9H2,1-3H3. The number of para-hydroxylation sites is 1. The second-order valence-corrected chi connectivity index (χ2v) is 8.28. The Labute approximate surface area is 151 Å². The van der Waals surface area contributed by atoms with Gasteiger partial charge in [-0.2, -0.15) is 0 Å². The van der Waals surface area contributed by atoms with Crippen molar-refractivity contribution in [3.63, 3.8) is 0 Å². The van der Waals surface area contributed by atoms with E-state index in [1.165, 1.54) is 24.6 Å². The minimum absolute atomic E-state index is 0.124. The number of H-pyrrole nitrogens is 1. The first-order valence-electron chi connectivity index (χ1n) is 8.78. The Morgan fingerprint density at radius 3 is 2.72 bits per heavy atom. The van der Waals surface area contributed by atoms with Crippen molar-refractivity contribution in [2.24, 2.45) is 0 Å². The summed E-state index contributed by atoms with van der Waals surface area (Å²) in [6, 6.07) is 8.41. The average Bonchev–Trinajstić information content (AvgIpc) is 3.20. The molecule has 0 radical (unpaired) electrons. The molecule has 1 saturated carbocycles. The van der Waals surface area contributed by atoms with Gasteiger partial charge in [0, 0.05) is 34.6 Å². The fourth-order valence-electron chi connectivity index (χ4n) is 3.14. The van der Waals surface area contributed by atoms with Crippen LogP contribution in [0.15, 0.2) is 35.6 Å². The molecule has 25 heavy (non-hydrogen) atoms. The minimum Gasteiger partial charge on any atom is -0.360 e. The van der Waals surface area contributed by atoms with Gasteiger partial charge in [0.25, 0.3) is 0 Å². The minimum atomic E-state index is -0.207. The van der Waals surface area contributed by atoms with Crippen molar-refractivity contribution in [2.75, 3.05) is 0 Å². The number of nitrogens with zero attached hydrogens (tertiary/aromatic N) is 3. The number of hydrogen-bond donors (Lipinski definition) is 1. The monoisotopic (exact) mass is 354 g/mol. The highest BCUT2D eigenvalue weighted by Gasteiger charge is 2.32. The number of benzene rings is 1. The molecule has 1 aliphatic carbocycles. The molecule has 0 aliphatic heterocycles. The molecule has 1 unspecified atom stereocenters. The number of hydrogen-bond acceptors (Lipinski definition) is 4. The third-order valence-electron chi connectivity index (χ3n) is 4.63. The number of fused-ring (bicyclic) bond motifs is 1. The zero-order valence-corrected chi connectivity index (χ0v) is 15.5. The number of ketones is 1. The molecule has 1 atom stereocenters. The number of nitrogens with one attached hydrogen (secondary N) is 1. The second-order valence-electron chi connectivity index (χ2n) is 6.97. The maximum atomic E-state index is 13.0. The molecule has 1 fully saturated rings. The van der Waals surface area contributed by atoms with E-state index in [0.717, 1.165) is 27.4 Å². The summed E-state index contributed by atoms with van der Waals surface area (Å²) in [6.07, 6.45) is 4.17. The van der Waals surface area contributed by atoms with E-state index in [-0.39, 0.29) is 11.0 Å². The zero-order valence-electron chi connectivity index (χ0n) is 14.7. The molecule has 2 aromatic heterocycles. The highest BCUT2D eigenvalue weighted by Crippen LogP contribution is 2.41. The van der Waals surface area contributed by atoms with Crippen LogP contribution in [0.5, 0.6) is 0 Å². The molecular formula is C19H22N4OS. The van der Waals surface area contributed by atoms with Gasteiger partial charge in [0.15, 0.2) is 10.9 Å². The first kappa shape index (κ1) is 16.4. The van der Waals surface area contributed by atoms with Crippen LogP contribution in [0.25, 0.3) is 10.9 Å². The molecule has 1 N–H and O–H groups in total. The van der Waals surface area contributed by atoms with Gasteiger partial charge in [-0.1, -0.05) is 43.8 Å². The van der Waals surface area contributed by atoms with E-state index in [9.17, 15) is 4.79 Å². The Bertz CT molecular complexity index is 923. The molecule has 130 valence electrons.